The van der Waals surface area contributed by atoms with Crippen molar-refractivity contribution in [3.05, 3.63) is 76.4 Å². The van der Waals surface area contributed by atoms with Crippen LogP contribution in [-0.4, -0.2) is 12.1 Å². The standard InChI is InChI=1S/C24H22N2O/c1-16-10-20-8-9-21(13-22(20)26-23(16)27-3)24(2,15-25)14-17-11-18-6-4-5-7-19(18)12-17/h4-11,13H,12,14H2,1-3H3. The molecule has 1 atom stereocenters. The molecule has 4 rings (SSSR count). The third-order valence-electron chi connectivity index (χ3n) is 5.45. The van der Waals surface area contributed by atoms with Crippen LogP contribution < -0.4 is 4.74 Å². The minimum atomic E-state index is -0.595. The average Bonchev–Trinajstić information content (AvgIpc) is 3.08. The van der Waals surface area contributed by atoms with Gasteiger partial charge in [-0.3, -0.25) is 0 Å². The zero-order valence-electron chi connectivity index (χ0n) is 15.9. The van der Waals surface area contributed by atoms with E-state index in [-0.39, 0.29) is 0 Å². The van der Waals surface area contributed by atoms with Gasteiger partial charge in [-0.2, -0.15) is 5.26 Å². The van der Waals surface area contributed by atoms with Crippen molar-refractivity contribution in [2.24, 2.45) is 0 Å². The van der Waals surface area contributed by atoms with E-state index >= 15 is 0 Å². The Hall–Kier alpha value is -3.12. The molecule has 2 aromatic carbocycles. The van der Waals surface area contributed by atoms with Crippen molar-refractivity contribution >= 4 is 17.0 Å². The van der Waals surface area contributed by atoms with E-state index in [4.69, 9.17) is 4.74 Å². The van der Waals surface area contributed by atoms with Crippen molar-refractivity contribution in [3.8, 4) is 11.9 Å². The van der Waals surface area contributed by atoms with Crippen LogP contribution in [0.5, 0.6) is 5.88 Å². The van der Waals surface area contributed by atoms with E-state index in [0.29, 0.717) is 12.3 Å². The molecule has 0 amide bonds. The van der Waals surface area contributed by atoms with E-state index in [9.17, 15) is 5.26 Å². The Morgan fingerprint density at radius 3 is 2.74 bits per heavy atom. The maximum absolute atomic E-state index is 10.0. The van der Waals surface area contributed by atoms with Gasteiger partial charge in [0.1, 0.15) is 0 Å². The molecule has 0 spiro atoms. The van der Waals surface area contributed by atoms with Crippen LogP contribution in [0.4, 0.5) is 0 Å². The molecule has 27 heavy (non-hydrogen) atoms. The van der Waals surface area contributed by atoms with E-state index < -0.39 is 5.41 Å². The molecular weight excluding hydrogens is 332 g/mol. The summed E-state index contributed by atoms with van der Waals surface area (Å²) < 4.78 is 5.36. The Balaban J connectivity index is 1.69. The summed E-state index contributed by atoms with van der Waals surface area (Å²) in [5, 5.41) is 11.1. The lowest BCUT2D eigenvalue weighted by molar-refractivity contribution is 0.396. The van der Waals surface area contributed by atoms with Crippen molar-refractivity contribution in [2.45, 2.75) is 32.1 Å². The minimum Gasteiger partial charge on any atom is -0.481 e. The van der Waals surface area contributed by atoms with Crippen LogP contribution in [0.2, 0.25) is 0 Å². The largest absolute Gasteiger partial charge is 0.481 e. The lowest BCUT2D eigenvalue weighted by atomic mass is 9.78. The first-order chi connectivity index (χ1) is 13.0. The van der Waals surface area contributed by atoms with Crippen LogP contribution >= 0.6 is 0 Å². The van der Waals surface area contributed by atoms with Gasteiger partial charge in [-0.1, -0.05) is 48.0 Å². The molecule has 134 valence electrons. The van der Waals surface area contributed by atoms with Crippen LogP contribution in [0, 0.1) is 18.3 Å². The number of hydrogen-bond acceptors (Lipinski definition) is 3. The van der Waals surface area contributed by atoms with Gasteiger partial charge >= 0.3 is 0 Å². The summed E-state index contributed by atoms with van der Waals surface area (Å²) in [6.07, 6.45) is 3.87. The summed E-state index contributed by atoms with van der Waals surface area (Å²) in [6, 6.07) is 19.2. The molecule has 0 radical (unpaired) electrons. The average molecular weight is 354 g/mol. The highest BCUT2D eigenvalue weighted by molar-refractivity contribution is 5.81. The van der Waals surface area contributed by atoms with Crippen molar-refractivity contribution < 1.29 is 4.74 Å². The molecule has 3 heteroatoms. The fraction of sp³-hybridized carbons (Fsp3) is 0.250. The Labute approximate surface area is 159 Å². The number of pyridine rings is 1. The number of methoxy groups -OCH3 is 1. The number of rotatable bonds is 4. The molecule has 0 saturated carbocycles. The Bertz CT molecular complexity index is 1110. The molecule has 0 saturated heterocycles. The molecular formula is C24H22N2O. The van der Waals surface area contributed by atoms with E-state index in [1.165, 1.54) is 16.7 Å². The molecule has 0 aliphatic heterocycles. The SMILES string of the molecule is COc1nc2cc(C(C)(C#N)CC3=Cc4ccccc4C3)ccc2cc1C. The monoisotopic (exact) mass is 354 g/mol. The number of ether oxygens (including phenoxy) is 1. The van der Waals surface area contributed by atoms with Gasteiger partial charge in [0.15, 0.2) is 0 Å². The number of aromatic nitrogens is 1. The third kappa shape index (κ3) is 3.08. The Kier molecular flexibility index (Phi) is 4.20. The van der Waals surface area contributed by atoms with E-state index in [1.54, 1.807) is 7.11 Å². The molecule has 3 aromatic rings. The van der Waals surface area contributed by atoms with Gasteiger partial charge in [0.25, 0.3) is 0 Å². The van der Waals surface area contributed by atoms with E-state index in [0.717, 1.165) is 28.5 Å². The number of fused-ring (bicyclic) bond motifs is 2. The second-order valence-corrected chi connectivity index (χ2v) is 7.52. The topological polar surface area (TPSA) is 45.9 Å². The van der Waals surface area contributed by atoms with E-state index in [2.05, 4.69) is 59.6 Å². The normalized spacial score (nSPS) is 15.0. The second-order valence-electron chi connectivity index (χ2n) is 7.52. The fourth-order valence-electron chi connectivity index (χ4n) is 3.93. The molecule has 0 N–H and O–H groups in total. The number of aryl methyl sites for hydroxylation is 1. The number of benzene rings is 2. The summed E-state index contributed by atoms with van der Waals surface area (Å²) in [5.41, 5.74) is 6.18. The third-order valence-corrected chi connectivity index (χ3v) is 5.45. The quantitative estimate of drug-likeness (QED) is 0.633. The van der Waals surface area contributed by atoms with Gasteiger partial charge < -0.3 is 4.74 Å². The Morgan fingerprint density at radius 1 is 1.19 bits per heavy atom. The zero-order chi connectivity index (χ0) is 19.0. The van der Waals surface area contributed by atoms with Crippen LogP contribution in [0.1, 0.15) is 35.6 Å². The molecule has 3 nitrogen and oxygen atoms in total. The first-order valence-electron chi connectivity index (χ1n) is 9.17. The smallest absolute Gasteiger partial charge is 0.216 e. The first kappa shape index (κ1) is 17.3. The highest BCUT2D eigenvalue weighted by atomic mass is 16.5. The molecule has 0 bridgehead atoms. The van der Waals surface area contributed by atoms with Gasteiger partial charge in [0.05, 0.1) is 24.1 Å². The highest BCUT2D eigenvalue weighted by Crippen LogP contribution is 2.37. The van der Waals surface area contributed by atoms with E-state index in [1.807, 2.05) is 19.9 Å². The van der Waals surface area contributed by atoms with Crippen molar-refractivity contribution in [3.63, 3.8) is 0 Å². The number of nitrogens with zero attached hydrogens (tertiary/aromatic N) is 2. The predicted molar refractivity (Wildman–Crippen MR) is 109 cm³/mol. The Morgan fingerprint density at radius 2 is 2.00 bits per heavy atom. The summed E-state index contributed by atoms with van der Waals surface area (Å²) in [4.78, 5) is 4.62. The first-order valence-corrected chi connectivity index (χ1v) is 9.17. The summed E-state index contributed by atoms with van der Waals surface area (Å²) >= 11 is 0. The number of hydrogen-bond donors (Lipinski definition) is 0. The van der Waals surface area contributed by atoms with Gasteiger partial charge in [-0.05, 0) is 55.5 Å². The van der Waals surface area contributed by atoms with Gasteiger partial charge in [0, 0.05) is 10.9 Å². The fourth-order valence-corrected chi connectivity index (χ4v) is 3.93. The molecule has 1 unspecified atom stereocenters. The molecule has 1 heterocycles. The molecule has 1 aliphatic carbocycles. The van der Waals surface area contributed by atoms with Crippen LogP contribution in [-0.2, 0) is 11.8 Å². The predicted octanol–water partition coefficient (Wildman–Crippen LogP) is 5.36. The minimum absolute atomic E-state index is 0.595. The van der Waals surface area contributed by atoms with Gasteiger partial charge in [-0.25, -0.2) is 4.98 Å². The van der Waals surface area contributed by atoms with Crippen LogP contribution in [0.15, 0.2) is 54.1 Å². The lowest BCUT2D eigenvalue weighted by Gasteiger charge is -2.23. The zero-order valence-corrected chi connectivity index (χ0v) is 15.9. The van der Waals surface area contributed by atoms with Gasteiger partial charge in [0.2, 0.25) is 5.88 Å². The number of nitriles is 1. The highest BCUT2D eigenvalue weighted by Gasteiger charge is 2.29. The van der Waals surface area contributed by atoms with Gasteiger partial charge in [-0.15, -0.1) is 0 Å². The maximum atomic E-state index is 10.0. The number of allylic oxidation sites excluding steroid dienone is 1. The molecule has 0 fully saturated rings. The summed E-state index contributed by atoms with van der Waals surface area (Å²) in [7, 11) is 1.63. The molecule has 1 aliphatic rings. The summed E-state index contributed by atoms with van der Waals surface area (Å²) in [6.45, 7) is 4.01. The second kappa shape index (κ2) is 6.55. The van der Waals surface area contributed by atoms with Crippen molar-refractivity contribution in [1.29, 1.82) is 5.26 Å². The maximum Gasteiger partial charge on any atom is 0.216 e. The molecule has 1 aromatic heterocycles. The summed E-state index contributed by atoms with van der Waals surface area (Å²) in [5.74, 6) is 0.632. The lowest BCUT2D eigenvalue weighted by Crippen LogP contribution is -2.20. The van der Waals surface area contributed by atoms with Crippen molar-refractivity contribution in [2.75, 3.05) is 7.11 Å². The van der Waals surface area contributed by atoms with Crippen LogP contribution in [0.3, 0.4) is 0 Å². The van der Waals surface area contributed by atoms with Crippen molar-refractivity contribution in [1.82, 2.24) is 4.98 Å². The van der Waals surface area contributed by atoms with Crippen LogP contribution in [0.25, 0.3) is 17.0 Å².